The van der Waals surface area contributed by atoms with Crippen molar-refractivity contribution in [1.82, 2.24) is 5.16 Å². The highest BCUT2D eigenvalue weighted by Gasteiger charge is 2.77. The van der Waals surface area contributed by atoms with Crippen LogP contribution in [0.25, 0.3) is 21.7 Å². The van der Waals surface area contributed by atoms with Crippen LogP contribution in [0, 0.1) is 23.2 Å². The molecule has 196 valence electrons. The third-order valence-corrected chi connectivity index (χ3v) is 8.77. The fourth-order valence-corrected chi connectivity index (χ4v) is 6.92. The fourth-order valence-electron chi connectivity index (χ4n) is 6.75. The van der Waals surface area contributed by atoms with Crippen molar-refractivity contribution in [3.8, 4) is 11.9 Å². The number of fused-ring (bicyclic) bond motifs is 7. The highest BCUT2D eigenvalue weighted by Crippen LogP contribution is 2.62. The molecule has 2 bridgehead atoms. The van der Waals surface area contributed by atoms with Gasteiger partial charge in [0.05, 0.1) is 52.9 Å². The van der Waals surface area contributed by atoms with Crippen molar-refractivity contribution in [2.24, 2.45) is 11.8 Å². The minimum absolute atomic E-state index is 0.113. The number of amides is 2. The molecule has 1 N–H and O–H groups in total. The Hall–Kier alpha value is -3.97. The maximum atomic E-state index is 14.0. The minimum atomic E-state index is -1.22. The van der Waals surface area contributed by atoms with E-state index in [-0.39, 0.29) is 31.2 Å². The van der Waals surface area contributed by atoms with Crippen molar-refractivity contribution >= 4 is 50.8 Å². The SMILES string of the molecule is C[C@]12O[C@](CCOc3noc4ccc(Cl)cc34)(CC1O)[C@H]1C(=O)N(c3ccc(C#N)c4ccccc34)C(=O)[C@H]12. The average molecular weight is 544 g/mol. The molecule has 7 rings (SSSR count). The third-order valence-electron chi connectivity index (χ3n) is 8.54. The van der Waals surface area contributed by atoms with E-state index in [1.54, 1.807) is 55.5 Å². The summed E-state index contributed by atoms with van der Waals surface area (Å²) in [6.07, 6.45) is -0.489. The number of ether oxygens (including phenoxy) is 2. The smallest absolute Gasteiger partial charge is 0.262 e. The van der Waals surface area contributed by atoms with Crippen LogP contribution < -0.4 is 9.64 Å². The molecular weight excluding hydrogens is 522 g/mol. The van der Waals surface area contributed by atoms with Gasteiger partial charge < -0.3 is 19.1 Å². The zero-order valence-electron chi connectivity index (χ0n) is 20.8. The van der Waals surface area contributed by atoms with Crippen LogP contribution in [0.1, 0.15) is 25.3 Å². The molecule has 0 saturated carbocycles. The normalized spacial score (nSPS) is 29.4. The van der Waals surface area contributed by atoms with Gasteiger partial charge in [-0.3, -0.25) is 9.59 Å². The molecule has 4 aromatic rings. The molecule has 2 amide bonds. The Morgan fingerprint density at radius 1 is 1.13 bits per heavy atom. The summed E-state index contributed by atoms with van der Waals surface area (Å²) in [5.41, 5.74) is -0.920. The summed E-state index contributed by atoms with van der Waals surface area (Å²) in [5, 5.41) is 27.0. The monoisotopic (exact) mass is 543 g/mol. The highest BCUT2D eigenvalue weighted by molar-refractivity contribution is 6.31. The van der Waals surface area contributed by atoms with E-state index >= 15 is 0 Å². The lowest BCUT2D eigenvalue weighted by Crippen LogP contribution is -2.49. The number of rotatable bonds is 5. The number of carbonyl (C=O) groups is 2. The van der Waals surface area contributed by atoms with E-state index < -0.39 is 35.0 Å². The topological polar surface area (TPSA) is 126 Å². The lowest BCUT2D eigenvalue weighted by atomic mass is 9.66. The van der Waals surface area contributed by atoms with Gasteiger partial charge >= 0.3 is 0 Å². The predicted molar refractivity (Wildman–Crippen MR) is 140 cm³/mol. The first-order valence-electron chi connectivity index (χ1n) is 12.6. The molecule has 3 aliphatic heterocycles. The van der Waals surface area contributed by atoms with Crippen molar-refractivity contribution in [3.63, 3.8) is 0 Å². The summed E-state index contributed by atoms with van der Waals surface area (Å²) in [4.78, 5) is 29.1. The summed E-state index contributed by atoms with van der Waals surface area (Å²) in [6.45, 7) is 1.81. The second kappa shape index (κ2) is 8.26. The molecule has 39 heavy (non-hydrogen) atoms. The number of nitriles is 1. The minimum Gasteiger partial charge on any atom is -0.475 e. The van der Waals surface area contributed by atoms with Gasteiger partial charge in [0.15, 0.2) is 5.58 Å². The van der Waals surface area contributed by atoms with Crippen molar-refractivity contribution in [2.45, 2.75) is 37.1 Å². The van der Waals surface area contributed by atoms with E-state index in [1.807, 2.05) is 6.07 Å². The number of aromatic nitrogens is 1. The molecule has 1 unspecified atom stereocenters. The second-order valence-electron chi connectivity index (χ2n) is 10.6. The molecule has 1 aromatic heterocycles. The Kier molecular flexibility index (Phi) is 5.11. The predicted octanol–water partition coefficient (Wildman–Crippen LogP) is 4.37. The Labute approximate surface area is 227 Å². The van der Waals surface area contributed by atoms with Gasteiger partial charge in [-0.2, -0.15) is 5.26 Å². The summed E-state index contributed by atoms with van der Waals surface area (Å²) in [6, 6.07) is 17.7. The van der Waals surface area contributed by atoms with E-state index in [1.165, 1.54) is 4.90 Å². The molecule has 0 radical (unpaired) electrons. The van der Waals surface area contributed by atoms with E-state index in [0.717, 1.165) is 0 Å². The molecule has 5 atom stereocenters. The van der Waals surface area contributed by atoms with Crippen LogP contribution in [0.4, 0.5) is 5.69 Å². The first kappa shape index (κ1) is 24.1. The van der Waals surface area contributed by atoms with Gasteiger partial charge in [0.2, 0.25) is 11.8 Å². The molecule has 0 aliphatic carbocycles. The summed E-state index contributed by atoms with van der Waals surface area (Å²) in [7, 11) is 0. The number of hydrogen-bond donors (Lipinski definition) is 1. The standard InChI is InChI=1S/C29H22ClN3O6/c1-28-22(34)13-29(39-28,10-11-37-25-19-12-16(30)7-9-21(19)38-32-25)24-23(28)26(35)33(27(24)36)20-8-6-15(14-31)17-4-2-3-5-18(17)20/h2-9,12,22-24,34H,10-11,13H2,1H3/t22?,23-,24+,28-,29+/m0/s1. The van der Waals surface area contributed by atoms with Gasteiger partial charge in [-0.25, -0.2) is 4.90 Å². The number of imide groups is 1. The Balaban J connectivity index is 1.23. The molecular formula is C29H22ClN3O6. The van der Waals surface area contributed by atoms with Gasteiger partial charge in [0.25, 0.3) is 5.88 Å². The first-order chi connectivity index (χ1) is 18.8. The summed E-state index contributed by atoms with van der Waals surface area (Å²) in [5.74, 6) is -2.18. The number of benzene rings is 3. The Morgan fingerprint density at radius 2 is 1.90 bits per heavy atom. The number of hydrogen-bond acceptors (Lipinski definition) is 8. The third kappa shape index (κ3) is 3.23. The van der Waals surface area contributed by atoms with Crippen LogP contribution in [0.5, 0.6) is 5.88 Å². The molecule has 3 fully saturated rings. The van der Waals surface area contributed by atoms with E-state index in [2.05, 4.69) is 11.2 Å². The van der Waals surface area contributed by atoms with Gasteiger partial charge in [-0.1, -0.05) is 35.9 Å². The van der Waals surface area contributed by atoms with Crippen LogP contribution in [-0.4, -0.2) is 46.0 Å². The summed E-state index contributed by atoms with van der Waals surface area (Å²) >= 11 is 6.11. The van der Waals surface area contributed by atoms with Crippen molar-refractivity contribution in [1.29, 1.82) is 5.26 Å². The highest BCUT2D eigenvalue weighted by atomic mass is 35.5. The number of aliphatic hydroxyl groups excluding tert-OH is 1. The Bertz CT molecular complexity index is 1750. The fraction of sp³-hybridized carbons (Fsp3) is 0.310. The van der Waals surface area contributed by atoms with Gasteiger partial charge in [-0.05, 0) is 42.4 Å². The molecule has 0 spiro atoms. The molecule has 10 heteroatoms. The second-order valence-corrected chi connectivity index (χ2v) is 11.0. The zero-order valence-corrected chi connectivity index (χ0v) is 21.5. The molecule has 9 nitrogen and oxygen atoms in total. The number of anilines is 1. The van der Waals surface area contributed by atoms with Crippen molar-refractivity contribution in [3.05, 3.63) is 65.2 Å². The number of aliphatic hydroxyl groups is 1. The molecule has 4 heterocycles. The van der Waals surface area contributed by atoms with Gasteiger partial charge in [0.1, 0.15) is 5.60 Å². The van der Waals surface area contributed by atoms with Gasteiger partial charge in [0, 0.05) is 28.6 Å². The lowest BCUT2D eigenvalue weighted by Gasteiger charge is -2.33. The quantitative estimate of drug-likeness (QED) is 0.368. The first-order valence-corrected chi connectivity index (χ1v) is 13.0. The number of nitrogens with zero attached hydrogens (tertiary/aromatic N) is 3. The van der Waals surface area contributed by atoms with Crippen LogP contribution in [-0.2, 0) is 14.3 Å². The van der Waals surface area contributed by atoms with E-state index in [4.69, 9.17) is 25.6 Å². The Morgan fingerprint density at radius 3 is 2.69 bits per heavy atom. The van der Waals surface area contributed by atoms with Crippen molar-refractivity contribution in [2.75, 3.05) is 11.5 Å². The molecule has 3 saturated heterocycles. The van der Waals surface area contributed by atoms with Crippen LogP contribution >= 0.6 is 11.6 Å². The van der Waals surface area contributed by atoms with E-state index in [9.17, 15) is 20.0 Å². The van der Waals surface area contributed by atoms with Crippen molar-refractivity contribution < 1.29 is 28.7 Å². The summed E-state index contributed by atoms with van der Waals surface area (Å²) < 4.78 is 17.6. The average Bonchev–Trinajstić information content (AvgIpc) is 3.60. The van der Waals surface area contributed by atoms with Gasteiger partial charge in [-0.15, -0.1) is 0 Å². The van der Waals surface area contributed by atoms with Crippen LogP contribution in [0.15, 0.2) is 59.1 Å². The van der Waals surface area contributed by atoms with Crippen LogP contribution in [0.2, 0.25) is 5.02 Å². The molecule has 3 aromatic carbocycles. The number of carbonyl (C=O) groups excluding carboxylic acids is 2. The van der Waals surface area contributed by atoms with E-state index in [0.29, 0.717) is 38.0 Å². The lowest BCUT2D eigenvalue weighted by molar-refractivity contribution is -0.134. The maximum absolute atomic E-state index is 14.0. The largest absolute Gasteiger partial charge is 0.475 e. The molecule has 3 aliphatic rings. The number of halogens is 1. The zero-order chi connectivity index (χ0) is 27.1. The van der Waals surface area contributed by atoms with Crippen LogP contribution in [0.3, 0.4) is 0 Å². The maximum Gasteiger partial charge on any atom is 0.262 e.